The van der Waals surface area contributed by atoms with Crippen molar-refractivity contribution in [1.29, 1.82) is 0 Å². The summed E-state index contributed by atoms with van der Waals surface area (Å²) in [5.41, 5.74) is 0. The van der Waals surface area contributed by atoms with E-state index < -0.39 is 22.7 Å². The molecule has 0 aromatic carbocycles. The van der Waals surface area contributed by atoms with Crippen LogP contribution in [-0.2, 0) is 13.6 Å². The van der Waals surface area contributed by atoms with Crippen LogP contribution in [0, 0.1) is 0 Å². The molecule has 0 aliphatic carbocycles. The summed E-state index contributed by atoms with van der Waals surface area (Å²) in [5, 5.41) is 12.2. The zero-order valence-corrected chi connectivity index (χ0v) is 18.2. The fraction of sp³-hybridized carbons (Fsp3) is 0.824. The first-order valence-electron chi connectivity index (χ1n) is 8.98. The van der Waals surface area contributed by atoms with Crippen LogP contribution in [0.25, 0.3) is 0 Å². The van der Waals surface area contributed by atoms with Gasteiger partial charge in [-0.2, -0.15) is 0 Å². The van der Waals surface area contributed by atoms with Gasteiger partial charge in [0.15, 0.2) is 16.6 Å². The van der Waals surface area contributed by atoms with Crippen LogP contribution in [0.5, 0.6) is 0 Å². The van der Waals surface area contributed by atoms with Crippen molar-refractivity contribution in [2.75, 3.05) is 19.8 Å². The zero-order chi connectivity index (χ0) is 18.6. The second-order valence-electron chi connectivity index (χ2n) is 7.51. The minimum Gasteiger partial charge on any atom is -0.455 e. The van der Waals surface area contributed by atoms with E-state index in [1.165, 1.54) is 25.0 Å². The van der Waals surface area contributed by atoms with Gasteiger partial charge >= 0.3 is 0 Å². The molecule has 1 atom stereocenters. The monoisotopic (exact) mass is 375 g/mol. The van der Waals surface area contributed by atoms with Crippen molar-refractivity contribution in [3.8, 4) is 0 Å². The van der Waals surface area contributed by atoms with Gasteiger partial charge < -0.3 is 19.3 Å². The van der Waals surface area contributed by atoms with Crippen LogP contribution < -0.4 is 5.32 Å². The predicted octanol–water partition coefficient (Wildman–Crippen LogP) is 3.28. The zero-order valence-electron chi connectivity index (χ0n) is 16.2. The van der Waals surface area contributed by atoms with E-state index in [2.05, 4.69) is 45.0 Å². The van der Waals surface area contributed by atoms with Crippen LogP contribution >= 0.6 is 0 Å². The molecule has 2 N–H and O–H groups in total. The topological polar surface area (TPSA) is 67.8 Å². The van der Waals surface area contributed by atoms with E-state index in [-0.39, 0.29) is 19.1 Å². The van der Waals surface area contributed by atoms with Gasteiger partial charge in [0.05, 0.1) is 12.7 Å². The van der Waals surface area contributed by atoms with E-state index in [1.54, 1.807) is 0 Å². The van der Waals surface area contributed by atoms with Gasteiger partial charge in [-0.3, -0.25) is 4.79 Å². The number of carbonyl (C=O) groups excluding carboxylic acids is 1. The van der Waals surface area contributed by atoms with Crippen molar-refractivity contribution < 1.29 is 18.8 Å². The number of aliphatic hydroxyl groups excluding tert-OH is 1. The Kier molecular flexibility index (Phi) is 11.7. The maximum absolute atomic E-state index is 11.0. The highest BCUT2D eigenvalue weighted by Crippen LogP contribution is 2.24. The molecule has 0 saturated carbocycles. The highest BCUT2D eigenvalue weighted by atomic mass is 28.4. The summed E-state index contributed by atoms with van der Waals surface area (Å²) in [6.07, 6.45) is 3.93. The summed E-state index contributed by atoms with van der Waals surface area (Å²) < 4.78 is 12.1. The standard InChI is InChI=1S/C17H37NO4Si2/c1-7-9-12-23(3,4)22-24(5,6)13-10-11-21-15-16(19)14-18-17(20)8-2/h8,16,19H,2,7,9-15H2,1,3-6H3,(H,18,20). The van der Waals surface area contributed by atoms with Gasteiger partial charge in [0, 0.05) is 13.2 Å². The number of rotatable bonds is 14. The molecule has 142 valence electrons. The summed E-state index contributed by atoms with van der Waals surface area (Å²) in [7, 11) is -3.19. The van der Waals surface area contributed by atoms with Crippen molar-refractivity contribution in [2.24, 2.45) is 0 Å². The molecular weight excluding hydrogens is 338 g/mol. The highest BCUT2D eigenvalue weighted by molar-refractivity contribution is 6.84. The molecule has 0 aromatic rings. The third-order valence-corrected chi connectivity index (χ3v) is 11.3. The Bertz CT molecular complexity index is 376. The number of ether oxygens (including phenoxy) is 1. The second-order valence-corrected chi connectivity index (χ2v) is 16.4. The first-order chi connectivity index (χ1) is 11.1. The third kappa shape index (κ3) is 12.9. The van der Waals surface area contributed by atoms with Crippen LogP contribution in [0.15, 0.2) is 12.7 Å². The van der Waals surface area contributed by atoms with Crippen molar-refractivity contribution >= 4 is 22.5 Å². The van der Waals surface area contributed by atoms with Crippen molar-refractivity contribution in [3.63, 3.8) is 0 Å². The molecule has 24 heavy (non-hydrogen) atoms. The number of hydrogen-bond donors (Lipinski definition) is 2. The number of carbonyl (C=O) groups is 1. The summed E-state index contributed by atoms with van der Waals surface area (Å²) in [6.45, 7) is 15.8. The minimum absolute atomic E-state index is 0.186. The normalized spacial score (nSPS) is 13.6. The van der Waals surface area contributed by atoms with E-state index in [0.29, 0.717) is 6.61 Å². The van der Waals surface area contributed by atoms with Crippen LogP contribution in [0.1, 0.15) is 26.2 Å². The van der Waals surface area contributed by atoms with Gasteiger partial charge in [-0.1, -0.05) is 26.3 Å². The van der Waals surface area contributed by atoms with Gasteiger partial charge in [0.1, 0.15) is 0 Å². The maximum atomic E-state index is 11.0. The lowest BCUT2D eigenvalue weighted by Gasteiger charge is -2.34. The number of hydrogen-bond acceptors (Lipinski definition) is 4. The molecule has 0 fully saturated rings. The summed E-state index contributed by atoms with van der Waals surface area (Å²) in [4.78, 5) is 11.0. The van der Waals surface area contributed by atoms with Crippen molar-refractivity contribution in [2.45, 2.75) is 70.6 Å². The van der Waals surface area contributed by atoms with E-state index >= 15 is 0 Å². The van der Waals surface area contributed by atoms with E-state index in [1.807, 2.05) is 0 Å². The summed E-state index contributed by atoms with van der Waals surface area (Å²) in [5.74, 6) is -0.284. The second kappa shape index (κ2) is 12.0. The van der Waals surface area contributed by atoms with Crippen LogP contribution in [0.3, 0.4) is 0 Å². The summed E-state index contributed by atoms with van der Waals surface area (Å²) >= 11 is 0. The van der Waals surface area contributed by atoms with E-state index in [4.69, 9.17) is 8.85 Å². The Morgan fingerprint density at radius 3 is 2.33 bits per heavy atom. The predicted molar refractivity (Wildman–Crippen MR) is 105 cm³/mol. The van der Waals surface area contributed by atoms with Gasteiger partial charge in [-0.25, -0.2) is 0 Å². The lowest BCUT2D eigenvalue weighted by Crippen LogP contribution is -2.44. The fourth-order valence-corrected chi connectivity index (χ4v) is 11.6. The first-order valence-corrected chi connectivity index (χ1v) is 15.2. The fourth-order valence-electron chi connectivity index (χ4n) is 2.62. The molecule has 0 heterocycles. The smallest absolute Gasteiger partial charge is 0.243 e. The quantitative estimate of drug-likeness (QED) is 0.278. The Morgan fingerprint density at radius 1 is 1.21 bits per heavy atom. The lowest BCUT2D eigenvalue weighted by atomic mass is 10.3. The molecule has 0 saturated heterocycles. The van der Waals surface area contributed by atoms with Gasteiger partial charge in [0.25, 0.3) is 0 Å². The number of unbranched alkanes of at least 4 members (excludes halogenated alkanes) is 1. The molecule has 0 bridgehead atoms. The van der Waals surface area contributed by atoms with Gasteiger partial charge in [-0.15, -0.1) is 0 Å². The molecule has 0 spiro atoms. The first kappa shape index (κ1) is 23.5. The molecule has 0 rings (SSSR count). The molecule has 1 amide bonds. The molecule has 1 unspecified atom stereocenters. The average molecular weight is 376 g/mol. The Morgan fingerprint density at radius 2 is 1.79 bits per heavy atom. The van der Waals surface area contributed by atoms with E-state index in [9.17, 15) is 9.90 Å². The molecule has 0 aliphatic heterocycles. The highest BCUT2D eigenvalue weighted by Gasteiger charge is 2.32. The molecule has 7 heteroatoms. The molecule has 0 aromatic heterocycles. The molecular formula is C17H37NO4Si2. The third-order valence-electron chi connectivity index (χ3n) is 3.76. The van der Waals surface area contributed by atoms with Crippen molar-refractivity contribution in [1.82, 2.24) is 5.32 Å². The number of nitrogens with one attached hydrogen (secondary N) is 1. The summed E-state index contributed by atoms with van der Waals surface area (Å²) in [6, 6.07) is 2.30. The molecule has 5 nitrogen and oxygen atoms in total. The average Bonchev–Trinajstić information content (AvgIpc) is 2.49. The van der Waals surface area contributed by atoms with Crippen LogP contribution in [-0.4, -0.2) is 53.5 Å². The van der Waals surface area contributed by atoms with Gasteiger partial charge in [0.2, 0.25) is 5.91 Å². The molecule has 0 aliphatic rings. The largest absolute Gasteiger partial charge is 0.455 e. The lowest BCUT2D eigenvalue weighted by molar-refractivity contribution is -0.117. The van der Waals surface area contributed by atoms with Crippen LogP contribution in [0.4, 0.5) is 0 Å². The Hall–Kier alpha value is -0.476. The molecule has 0 radical (unpaired) electrons. The SMILES string of the molecule is C=CC(=O)NCC(O)COCCC[Si](C)(C)O[Si](C)(C)CCCC. The maximum Gasteiger partial charge on any atom is 0.243 e. The van der Waals surface area contributed by atoms with E-state index in [0.717, 1.165) is 12.5 Å². The van der Waals surface area contributed by atoms with Crippen molar-refractivity contribution in [3.05, 3.63) is 12.7 Å². The minimum atomic E-state index is -1.65. The Labute approximate surface area is 150 Å². The number of aliphatic hydroxyl groups is 1. The number of amides is 1. The van der Waals surface area contributed by atoms with Gasteiger partial charge in [-0.05, 0) is 50.8 Å². The Balaban J connectivity index is 3.88. The van der Waals surface area contributed by atoms with Crippen LogP contribution in [0.2, 0.25) is 38.3 Å².